The molecule has 5 heteroatoms. The minimum atomic E-state index is -0.108. The van der Waals surface area contributed by atoms with Gasteiger partial charge in [0, 0.05) is 31.8 Å². The van der Waals surface area contributed by atoms with Gasteiger partial charge in [-0.1, -0.05) is 12.1 Å². The number of oxazole rings is 1. The molecule has 0 saturated heterocycles. The molecule has 0 fully saturated rings. The highest BCUT2D eigenvalue weighted by molar-refractivity contribution is 5.91. The molecule has 0 atom stereocenters. The van der Waals surface area contributed by atoms with Gasteiger partial charge in [0.1, 0.15) is 5.52 Å². The van der Waals surface area contributed by atoms with Crippen molar-refractivity contribution < 1.29 is 14.3 Å². The fraction of sp³-hybridized carbons (Fsp3) is 0.333. The van der Waals surface area contributed by atoms with Crippen LogP contribution >= 0.6 is 0 Å². The number of carbonyl (C=O) groups is 1. The Balaban J connectivity index is 2.05. The third-order valence-electron chi connectivity index (χ3n) is 2.96. The van der Waals surface area contributed by atoms with Crippen molar-refractivity contribution in [3.05, 3.63) is 36.2 Å². The van der Waals surface area contributed by atoms with Crippen LogP contribution in [0.15, 0.2) is 34.8 Å². The standard InChI is InChI=1S/C15H18N2O3/c1-2-17(10-5-11-18)15(19)9-8-14-16-12-6-3-4-7-13(12)20-14/h3-4,6-9,18H,2,5,10-11H2,1H3/b9-8+. The largest absolute Gasteiger partial charge is 0.437 e. The number of hydrogen-bond acceptors (Lipinski definition) is 4. The number of aliphatic hydroxyl groups is 1. The number of benzene rings is 1. The van der Waals surface area contributed by atoms with Gasteiger partial charge < -0.3 is 14.4 Å². The van der Waals surface area contributed by atoms with Gasteiger partial charge in [0.2, 0.25) is 11.8 Å². The first-order chi connectivity index (χ1) is 9.74. The lowest BCUT2D eigenvalue weighted by molar-refractivity contribution is -0.125. The lowest BCUT2D eigenvalue weighted by Gasteiger charge is -2.18. The van der Waals surface area contributed by atoms with Crippen molar-refractivity contribution >= 4 is 23.1 Å². The second-order valence-corrected chi connectivity index (χ2v) is 4.35. The molecular weight excluding hydrogens is 256 g/mol. The predicted octanol–water partition coefficient (Wildman–Crippen LogP) is 2.07. The normalized spacial score (nSPS) is 11.3. The maximum Gasteiger partial charge on any atom is 0.246 e. The first kappa shape index (κ1) is 14.3. The van der Waals surface area contributed by atoms with E-state index in [1.165, 1.54) is 6.08 Å². The highest BCUT2D eigenvalue weighted by Crippen LogP contribution is 2.15. The number of nitrogens with zero attached hydrogens (tertiary/aromatic N) is 2. The summed E-state index contributed by atoms with van der Waals surface area (Å²) < 4.78 is 5.50. The van der Waals surface area contributed by atoms with Crippen molar-refractivity contribution in [2.75, 3.05) is 19.7 Å². The van der Waals surface area contributed by atoms with Gasteiger partial charge in [-0.05, 0) is 25.5 Å². The van der Waals surface area contributed by atoms with Crippen molar-refractivity contribution in [3.8, 4) is 0 Å². The molecule has 5 nitrogen and oxygen atoms in total. The number of likely N-dealkylation sites (N-methyl/N-ethyl adjacent to an activating group) is 1. The Kier molecular flexibility index (Phi) is 4.90. The molecule has 0 saturated carbocycles. The lowest BCUT2D eigenvalue weighted by Crippen LogP contribution is -2.30. The fourth-order valence-electron chi connectivity index (χ4n) is 1.90. The number of para-hydroxylation sites is 2. The van der Waals surface area contributed by atoms with Crippen molar-refractivity contribution in [2.45, 2.75) is 13.3 Å². The molecule has 0 aliphatic heterocycles. The van der Waals surface area contributed by atoms with Crippen LogP contribution in [0.4, 0.5) is 0 Å². The zero-order valence-electron chi connectivity index (χ0n) is 11.5. The smallest absolute Gasteiger partial charge is 0.246 e. The van der Waals surface area contributed by atoms with E-state index in [0.717, 1.165) is 5.52 Å². The molecular formula is C15H18N2O3. The van der Waals surface area contributed by atoms with Gasteiger partial charge in [0.05, 0.1) is 0 Å². The van der Waals surface area contributed by atoms with Crippen molar-refractivity contribution in [2.24, 2.45) is 0 Å². The monoisotopic (exact) mass is 274 g/mol. The second-order valence-electron chi connectivity index (χ2n) is 4.35. The summed E-state index contributed by atoms with van der Waals surface area (Å²) in [4.78, 5) is 17.9. The Morgan fingerprint density at radius 1 is 1.45 bits per heavy atom. The van der Waals surface area contributed by atoms with Crippen LogP contribution < -0.4 is 0 Å². The molecule has 0 spiro atoms. The molecule has 1 aromatic heterocycles. The molecule has 1 N–H and O–H groups in total. The Hall–Kier alpha value is -2.14. The van der Waals surface area contributed by atoms with Crippen molar-refractivity contribution in [1.82, 2.24) is 9.88 Å². The maximum atomic E-state index is 12.0. The molecule has 106 valence electrons. The lowest BCUT2D eigenvalue weighted by atomic mass is 10.3. The average molecular weight is 274 g/mol. The van der Waals surface area contributed by atoms with Gasteiger partial charge in [-0.2, -0.15) is 0 Å². The third kappa shape index (κ3) is 3.45. The van der Waals surface area contributed by atoms with Crippen molar-refractivity contribution in [3.63, 3.8) is 0 Å². The highest BCUT2D eigenvalue weighted by Gasteiger charge is 2.08. The van der Waals surface area contributed by atoms with Crippen LogP contribution in [0.3, 0.4) is 0 Å². The highest BCUT2D eigenvalue weighted by atomic mass is 16.3. The van der Waals surface area contributed by atoms with E-state index >= 15 is 0 Å². The van der Waals surface area contributed by atoms with Crippen LogP contribution in [-0.2, 0) is 4.79 Å². The number of amides is 1. The fourth-order valence-corrected chi connectivity index (χ4v) is 1.90. The predicted molar refractivity (Wildman–Crippen MR) is 77.0 cm³/mol. The molecule has 20 heavy (non-hydrogen) atoms. The molecule has 0 bridgehead atoms. The SMILES string of the molecule is CCN(CCCO)C(=O)/C=C/c1nc2ccccc2o1. The van der Waals surface area contributed by atoms with E-state index in [1.807, 2.05) is 31.2 Å². The number of fused-ring (bicyclic) bond motifs is 1. The molecule has 0 aliphatic rings. The number of rotatable bonds is 6. The molecule has 2 rings (SSSR count). The number of hydrogen-bond donors (Lipinski definition) is 1. The van der Waals surface area contributed by atoms with Crippen LogP contribution in [0.1, 0.15) is 19.2 Å². The van der Waals surface area contributed by atoms with E-state index in [-0.39, 0.29) is 12.5 Å². The number of aliphatic hydroxyl groups excluding tert-OH is 1. The van der Waals surface area contributed by atoms with Gasteiger partial charge >= 0.3 is 0 Å². The van der Waals surface area contributed by atoms with Crippen LogP contribution in [0.25, 0.3) is 17.2 Å². The zero-order chi connectivity index (χ0) is 14.4. The van der Waals surface area contributed by atoms with E-state index in [0.29, 0.717) is 31.0 Å². The zero-order valence-corrected chi connectivity index (χ0v) is 11.5. The summed E-state index contributed by atoms with van der Waals surface area (Å²) in [6, 6.07) is 7.45. The molecule has 1 aromatic carbocycles. The Morgan fingerprint density at radius 2 is 2.25 bits per heavy atom. The van der Waals surface area contributed by atoms with E-state index in [2.05, 4.69) is 4.98 Å². The van der Waals surface area contributed by atoms with Gasteiger partial charge in [-0.3, -0.25) is 4.79 Å². The summed E-state index contributed by atoms with van der Waals surface area (Å²) in [6.07, 6.45) is 3.60. The molecule has 0 radical (unpaired) electrons. The third-order valence-corrected chi connectivity index (χ3v) is 2.96. The quantitative estimate of drug-likeness (QED) is 0.819. The summed E-state index contributed by atoms with van der Waals surface area (Å²) in [5.41, 5.74) is 1.47. The van der Waals surface area contributed by atoms with Crippen LogP contribution in [0.5, 0.6) is 0 Å². The van der Waals surface area contributed by atoms with Crippen molar-refractivity contribution in [1.29, 1.82) is 0 Å². The van der Waals surface area contributed by atoms with Gasteiger partial charge in [-0.15, -0.1) is 0 Å². The van der Waals surface area contributed by atoms with Gasteiger partial charge in [0.15, 0.2) is 5.58 Å². The van der Waals surface area contributed by atoms with E-state index in [9.17, 15) is 4.79 Å². The molecule has 0 aliphatic carbocycles. The van der Waals surface area contributed by atoms with Gasteiger partial charge in [-0.25, -0.2) is 4.98 Å². The van der Waals surface area contributed by atoms with Gasteiger partial charge in [0.25, 0.3) is 0 Å². The summed E-state index contributed by atoms with van der Waals surface area (Å²) in [6.45, 7) is 3.14. The summed E-state index contributed by atoms with van der Waals surface area (Å²) in [5.74, 6) is 0.306. The topological polar surface area (TPSA) is 66.6 Å². The molecule has 1 heterocycles. The Morgan fingerprint density at radius 3 is 2.95 bits per heavy atom. The van der Waals surface area contributed by atoms with Crippen LogP contribution in [-0.4, -0.2) is 40.6 Å². The second kappa shape index (κ2) is 6.86. The van der Waals surface area contributed by atoms with E-state index < -0.39 is 0 Å². The maximum absolute atomic E-state index is 12.0. The number of aromatic nitrogens is 1. The average Bonchev–Trinajstić information content (AvgIpc) is 2.88. The molecule has 1 amide bonds. The summed E-state index contributed by atoms with van der Waals surface area (Å²) >= 11 is 0. The summed E-state index contributed by atoms with van der Waals surface area (Å²) in [5, 5.41) is 8.80. The Bertz CT molecular complexity index is 571. The summed E-state index contributed by atoms with van der Waals surface area (Å²) in [7, 11) is 0. The first-order valence-corrected chi connectivity index (χ1v) is 6.68. The van der Waals surface area contributed by atoms with Crippen LogP contribution in [0.2, 0.25) is 0 Å². The van der Waals surface area contributed by atoms with Crippen LogP contribution in [0, 0.1) is 0 Å². The van der Waals surface area contributed by atoms with E-state index in [1.54, 1.807) is 11.0 Å². The molecule has 2 aromatic rings. The van der Waals surface area contributed by atoms with E-state index in [4.69, 9.17) is 9.52 Å². The Labute approximate surface area is 117 Å². The molecule has 0 unspecified atom stereocenters. The first-order valence-electron chi connectivity index (χ1n) is 6.68. The number of carbonyl (C=O) groups excluding carboxylic acids is 1. The minimum Gasteiger partial charge on any atom is -0.437 e. The minimum absolute atomic E-state index is 0.0820.